The molecule has 4 N–H and O–H groups in total. The van der Waals surface area contributed by atoms with Gasteiger partial charge in [-0.3, -0.25) is 4.79 Å². The molecule has 122 valence electrons. The van der Waals surface area contributed by atoms with Crippen molar-refractivity contribution in [3.05, 3.63) is 29.8 Å². The molecule has 0 aliphatic carbocycles. The molecule has 1 aromatic carbocycles. The fourth-order valence-electron chi connectivity index (χ4n) is 1.92. The van der Waals surface area contributed by atoms with Gasteiger partial charge in [-0.15, -0.1) is 0 Å². The van der Waals surface area contributed by atoms with E-state index in [0.29, 0.717) is 17.8 Å². The second kappa shape index (κ2) is 6.68. The van der Waals surface area contributed by atoms with Crippen LogP contribution in [0.5, 0.6) is 0 Å². The number of nitrogen functional groups attached to an aromatic ring is 1. The zero-order valence-corrected chi connectivity index (χ0v) is 13.8. The summed E-state index contributed by atoms with van der Waals surface area (Å²) in [5.41, 5.74) is 4.99. The summed E-state index contributed by atoms with van der Waals surface area (Å²) in [6, 6.07) is 6.79. The Hall–Kier alpha value is -2.24. The zero-order valence-electron chi connectivity index (χ0n) is 13.8. The Kier molecular flexibility index (Phi) is 5.41. The van der Waals surface area contributed by atoms with Crippen LogP contribution in [0.2, 0.25) is 0 Å². The SMILES string of the molecule is CCNC(=O)C(C)(NC(=O)OC(C)(C)C)c1ccc(N)cc1. The van der Waals surface area contributed by atoms with Gasteiger partial charge in [-0.1, -0.05) is 12.1 Å². The predicted octanol–water partition coefficient (Wildman–Crippen LogP) is 2.14. The number of hydrogen-bond acceptors (Lipinski definition) is 4. The van der Waals surface area contributed by atoms with Crippen LogP contribution in [0.15, 0.2) is 24.3 Å². The minimum absolute atomic E-state index is 0.314. The standard InChI is InChI=1S/C16H25N3O3/c1-6-18-13(20)16(5,11-7-9-12(17)10-8-11)19-14(21)22-15(2,3)4/h7-10H,6,17H2,1-5H3,(H,18,20)(H,19,21). The fraction of sp³-hybridized carbons (Fsp3) is 0.500. The highest BCUT2D eigenvalue weighted by Gasteiger charge is 2.37. The Bertz CT molecular complexity index is 535. The van der Waals surface area contributed by atoms with Gasteiger partial charge in [0.1, 0.15) is 11.1 Å². The predicted molar refractivity (Wildman–Crippen MR) is 86.3 cm³/mol. The third kappa shape index (κ3) is 4.65. The molecule has 0 saturated heterocycles. The number of amides is 2. The summed E-state index contributed by atoms with van der Waals surface area (Å²) in [5, 5.41) is 5.38. The number of carbonyl (C=O) groups excluding carboxylic acids is 2. The maximum Gasteiger partial charge on any atom is 0.408 e. The number of alkyl carbamates (subject to hydrolysis) is 1. The lowest BCUT2D eigenvalue weighted by Crippen LogP contribution is -2.55. The molecule has 0 aliphatic heterocycles. The Morgan fingerprint density at radius 3 is 2.14 bits per heavy atom. The van der Waals surface area contributed by atoms with Crippen molar-refractivity contribution in [3.8, 4) is 0 Å². The van der Waals surface area contributed by atoms with Crippen molar-refractivity contribution in [1.82, 2.24) is 10.6 Å². The van der Waals surface area contributed by atoms with Crippen LogP contribution in [0.4, 0.5) is 10.5 Å². The summed E-state index contributed by atoms with van der Waals surface area (Å²) in [6.07, 6.45) is -0.655. The number of nitrogens with one attached hydrogen (secondary N) is 2. The highest BCUT2D eigenvalue weighted by atomic mass is 16.6. The topological polar surface area (TPSA) is 93.5 Å². The Morgan fingerprint density at radius 1 is 1.14 bits per heavy atom. The van der Waals surface area contributed by atoms with Crippen LogP contribution in [0.3, 0.4) is 0 Å². The van der Waals surface area contributed by atoms with E-state index < -0.39 is 17.2 Å². The van der Waals surface area contributed by atoms with Crippen molar-refractivity contribution in [1.29, 1.82) is 0 Å². The van der Waals surface area contributed by atoms with Crippen molar-refractivity contribution in [2.75, 3.05) is 12.3 Å². The summed E-state index contributed by atoms with van der Waals surface area (Å²) in [7, 11) is 0. The number of ether oxygens (including phenoxy) is 1. The summed E-state index contributed by atoms with van der Waals surface area (Å²) < 4.78 is 5.25. The van der Waals surface area contributed by atoms with Gasteiger partial charge >= 0.3 is 6.09 Å². The first-order valence-corrected chi connectivity index (χ1v) is 7.24. The summed E-state index contributed by atoms with van der Waals surface area (Å²) in [4.78, 5) is 24.5. The minimum Gasteiger partial charge on any atom is -0.444 e. The van der Waals surface area contributed by atoms with E-state index >= 15 is 0 Å². The van der Waals surface area contributed by atoms with Crippen LogP contribution in [0.1, 0.15) is 40.2 Å². The second-order valence-corrected chi connectivity index (χ2v) is 6.23. The minimum atomic E-state index is -1.24. The lowest BCUT2D eigenvalue weighted by atomic mass is 9.91. The number of likely N-dealkylation sites (N-methyl/N-ethyl adjacent to an activating group) is 1. The molecule has 0 bridgehead atoms. The molecule has 2 amide bonds. The quantitative estimate of drug-likeness (QED) is 0.743. The summed E-state index contributed by atoms with van der Waals surface area (Å²) >= 11 is 0. The van der Waals surface area contributed by atoms with Crippen molar-refractivity contribution >= 4 is 17.7 Å². The first-order valence-electron chi connectivity index (χ1n) is 7.24. The van der Waals surface area contributed by atoms with Crippen LogP contribution in [0.25, 0.3) is 0 Å². The maximum atomic E-state index is 12.4. The molecule has 22 heavy (non-hydrogen) atoms. The highest BCUT2D eigenvalue weighted by molar-refractivity contribution is 5.90. The molecule has 0 radical (unpaired) electrons. The second-order valence-electron chi connectivity index (χ2n) is 6.23. The van der Waals surface area contributed by atoms with E-state index in [1.165, 1.54) is 0 Å². The number of hydrogen-bond donors (Lipinski definition) is 3. The number of carbonyl (C=O) groups is 2. The Labute approximate surface area is 131 Å². The molecule has 0 saturated carbocycles. The third-order valence-electron chi connectivity index (χ3n) is 3.03. The zero-order chi connectivity index (χ0) is 17.0. The van der Waals surface area contributed by atoms with E-state index in [1.807, 2.05) is 6.92 Å². The van der Waals surface area contributed by atoms with Crippen LogP contribution >= 0.6 is 0 Å². The number of benzene rings is 1. The van der Waals surface area contributed by atoms with Gasteiger partial charge in [-0.05, 0) is 52.3 Å². The van der Waals surface area contributed by atoms with Crippen molar-refractivity contribution in [3.63, 3.8) is 0 Å². The summed E-state index contributed by atoms with van der Waals surface area (Å²) in [5.74, 6) is -0.314. The average Bonchev–Trinajstić information content (AvgIpc) is 2.37. The molecule has 0 heterocycles. The van der Waals surface area contributed by atoms with Crippen molar-refractivity contribution in [2.24, 2.45) is 0 Å². The number of nitrogens with two attached hydrogens (primary N) is 1. The third-order valence-corrected chi connectivity index (χ3v) is 3.03. The molecule has 6 heteroatoms. The van der Waals surface area contributed by atoms with Gasteiger partial charge in [0.05, 0.1) is 0 Å². The normalized spacial score (nSPS) is 13.9. The maximum absolute atomic E-state index is 12.4. The molecule has 0 aliphatic rings. The van der Waals surface area contributed by atoms with E-state index in [1.54, 1.807) is 52.0 Å². The van der Waals surface area contributed by atoms with Crippen molar-refractivity contribution in [2.45, 2.75) is 45.8 Å². The van der Waals surface area contributed by atoms with Gasteiger partial charge in [0, 0.05) is 12.2 Å². The molecular weight excluding hydrogens is 282 g/mol. The van der Waals surface area contributed by atoms with E-state index in [2.05, 4.69) is 10.6 Å². The van der Waals surface area contributed by atoms with Gasteiger partial charge < -0.3 is 21.1 Å². The van der Waals surface area contributed by atoms with Crippen LogP contribution in [-0.4, -0.2) is 24.1 Å². The van der Waals surface area contributed by atoms with Gasteiger partial charge in [0.2, 0.25) is 5.91 Å². The lowest BCUT2D eigenvalue weighted by molar-refractivity contribution is -0.127. The van der Waals surface area contributed by atoms with Crippen LogP contribution in [-0.2, 0) is 15.1 Å². The average molecular weight is 307 g/mol. The lowest BCUT2D eigenvalue weighted by Gasteiger charge is -2.31. The van der Waals surface area contributed by atoms with Gasteiger partial charge in [0.15, 0.2) is 0 Å². The van der Waals surface area contributed by atoms with Crippen molar-refractivity contribution < 1.29 is 14.3 Å². The van der Waals surface area contributed by atoms with Crippen LogP contribution < -0.4 is 16.4 Å². The fourth-order valence-corrected chi connectivity index (χ4v) is 1.92. The highest BCUT2D eigenvalue weighted by Crippen LogP contribution is 2.23. The molecule has 0 aromatic heterocycles. The molecule has 1 rings (SSSR count). The van der Waals surface area contributed by atoms with E-state index in [9.17, 15) is 9.59 Å². The molecule has 0 fully saturated rings. The largest absolute Gasteiger partial charge is 0.444 e. The molecule has 1 atom stereocenters. The first-order chi connectivity index (χ1) is 10.1. The van der Waals surface area contributed by atoms with E-state index in [4.69, 9.17) is 10.5 Å². The summed E-state index contributed by atoms with van der Waals surface area (Å²) in [6.45, 7) is 9.19. The first kappa shape index (κ1) is 17.8. The van der Waals surface area contributed by atoms with Crippen LogP contribution in [0, 0.1) is 0 Å². The molecular formula is C16H25N3O3. The van der Waals surface area contributed by atoms with E-state index in [-0.39, 0.29) is 5.91 Å². The number of anilines is 1. The Morgan fingerprint density at radius 2 is 1.68 bits per heavy atom. The van der Waals surface area contributed by atoms with E-state index in [0.717, 1.165) is 0 Å². The van der Waals surface area contributed by atoms with Gasteiger partial charge in [-0.25, -0.2) is 4.79 Å². The van der Waals surface area contributed by atoms with Gasteiger partial charge in [-0.2, -0.15) is 0 Å². The monoisotopic (exact) mass is 307 g/mol. The molecule has 0 spiro atoms. The number of rotatable bonds is 4. The molecule has 6 nitrogen and oxygen atoms in total. The van der Waals surface area contributed by atoms with Gasteiger partial charge in [0.25, 0.3) is 0 Å². The molecule has 1 unspecified atom stereocenters. The molecule has 1 aromatic rings. The smallest absolute Gasteiger partial charge is 0.408 e. The Balaban J connectivity index is 3.09.